The molecule has 7 heteroatoms. The maximum Gasteiger partial charge on any atom is 0.245 e. The second-order valence-electron chi connectivity index (χ2n) is 5.05. The molecular weight excluding hydrogens is 288 g/mol. The Labute approximate surface area is 128 Å². The molecule has 1 fully saturated rings. The number of nitrogens with two attached hydrogens (primary N) is 1. The minimum atomic E-state index is -0.569. The van der Waals surface area contributed by atoms with Crippen LogP contribution in [0.15, 0.2) is 17.5 Å². The zero-order chi connectivity index (χ0) is 15.2. The van der Waals surface area contributed by atoms with Gasteiger partial charge in [0, 0.05) is 37.6 Å². The minimum Gasteiger partial charge on any atom is -0.355 e. The first-order chi connectivity index (χ1) is 10.1. The lowest BCUT2D eigenvalue weighted by Gasteiger charge is -2.35. The van der Waals surface area contributed by atoms with E-state index < -0.39 is 6.04 Å². The van der Waals surface area contributed by atoms with E-state index in [0.717, 1.165) is 4.88 Å². The van der Waals surface area contributed by atoms with Crippen molar-refractivity contribution in [3.8, 4) is 0 Å². The molecule has 0 saturated carbocycles. The summed E-state index contributed by atoms with van der Waals surface area (Å²) in [6, 6.07) is 3.22. The Morgan fingerprint density at radius 3 is 2.67 bits per heavy atom. The Balaban J connectivity index is 1.81. The van der Waals surface area contributed by atoms with Crippen LogP contribution in [0.5, 0.6) is 0 Å². The highest BCUT2D eigenvalue weighted by molar-refractivity contribution is 7.10. The molecule has 1 saturated heterocycles. The topological polar surface area (TPSA) is 78.7 Å². The van der Waals surface area contributed by atoms with Crippen molar-refractivity contribution in [1.29, 1.82) is 0 Å². The van der Waals surface area contributed by atoms with Gasteiger partial charge in [0.25, 0.3) is 0 Å². The van der Waals surface area contributed by atoms with Gasteiger partial charge in [-0.3, -0.25) is 14.5 Å². The van der Waals surface area contributed by atoms with Crippen LogP contribution in [0.3, 0.4) is 0 Å². The second kappa shape index (κ2) is 7.53. The maximum atomic E-state index is 12.3. The standard InChI is InChI=1S/C14H22N4O2S/c1-2-16-12(19)10-17-5-7-18(8-6-17)14(20)13(15)11-4-3-9-21-11/h3-4,9,13H,2,5-8,10,15H2,1H3,(H,16,19). The molecule has 0 bridgehead atoms. The predicted molar refractivity (Wildman–Crippen MR) is 83.0 cm³/mol. The average molecular weight is 310 g/mol. The van der Waals surface area contributed by atoms with Crippen LogP contribution in [-0.4, -0.2) is 60.9 Å². The Hall–Kier alpha value is -1.44. The van der Waals surface area contributed by atoms with E-state index in [9.17, 15) is 9.59 Å². The first kappa shape index (κ1) is 15.9. The summed E-state index contributed by atoms with van der Waals surface area (Å²) in [6.07, 6.45) is 0. The minimum absolute atomic E-state index is 0.0323. The molecule has 3 N–H and O–H groups in total. The molecule has 1 aliphatic rings. The van der Waals surface area contributed by atoms with E-state index in [1.807, 2.05) is 24.4 Å². The van der Waals surface area contributed by atoms with Crippen LogP contribution in [0, 0.1) is 0 Å². The van der Waals surface area contributed by atoms with Crippen LogP contribution in [0.1, 0.15) is 17.8 Å². The Bertz CT molecular complexity index is 469. The summed E-state index contributed by atoms with van der Waals surface area (Å²) < 4.78 is 0. The van der Waals surface area contributed by atoms with Gasteiger partial charge in [-0.15, -0.1) is 11.3 Å². The molecule has 116 valence electrons. The highest BCUT2D eigenvalue weighted by Crippen LogP contribution is 2.19. The van der Waals surface area contributed by atoms with Crippen molar-refractivity contribution in [1.82, 2.24) is 15.1 Å². The summed E-state index contributed by atoms with van der Waals surface area (Å²) in [6.45, 7) is 5.61. The fraction of sp³-hybridized carbons (Fsp3) is 0.571. The van der Waals surface area contributed by atoms with Gasteiger partial charge in [-0.05, 0) is 18.4 Å². The van der Waals surface area contributed by atoms with Crippen molar-refractivity contribution in [3.05, 3.63) is 22.4 Å². The van der Waals surface area contributed by atoms with E-state index in [1.54, 1.807) is 4.90 Å². The smallest absolute Gasteiger partial charge is 0.245 e. The number of nitrogens with zero attached hydrogens (tertiary/aromatic N) is 2. The van der Waals surface area contributed by atoms with E-state index in [1.165, 1.54) is 11.3 Å². The molecule has 1 aromatic rings. The number of likely N-dealkylation sites (N-methyl/N-ethyl adjacent to an activating group) is 1. The van der Waals surface area contributed by atoms with Crippen LogP contribution in [-0.2, 0) is 9.59 Å². The zero-order valence-corrected chi connectivity index (χ0v) is 13.1. The number of carbonyl (C=O) groups is 2. The van der Waals surface area contributed by atoms with Gasteiger partial charge in [0.1, 0.15) is 6.04 Å². The van der Waals surface area contributed by atoms with Crippen molar-refractivity contribution >= 4 is 23.2 Å². The van der Waals surface area contributed by atoms with Crippen LogP contribution >= 0.6 is 11.3 Å². The Kier molecular flexibility index (Phi) is 5.72. The molecule has 0 spiro atoms. The molecule has 0 aromatic carbocycles. The van der Waals surface area contributed by atoms with Crippen LogP contribution in [0.25, 0.3) is 0 Å². The number of hydrogen-bond acceptors (Lipinski definition) is 5. The van der Waals surface area contributed by atoms with E-state index >= 15 is 0 Å². The van der Waals surface area contributed by atoms with Gasteiger partial charge in [0.15, 0.2) is 0 Å². The summed E-state index contributed by atoms with van der Waals surface area (Å²) in [5.74, 6) is 0.00248. The highest BCUT2D eigenvalue weighted by atomic mass is 32.1. The van der Waals surface area contributed by atoms with Crippen molar-refractivity contribution in [2.45, 2.75) is 13.0 Å². The highest BCUT2D eigenvalue weighted by Gasteiger charge is 2.27. The molecule has 1 unspecified atom stereocenters. The van der Waals surface area contributed by atoms with Gasteiger partial charge in [-0.25, -0.2) is 0 Å². The van der Waals surface area contributed by atoms with Gasteiger partial charge in [-0.2, -0.15) is 0 Å². The summed E-state index contributed by atoms with van der Waals surface area (Å²) >= 11 is 1.50. The van der Waals surface area contributed by atoms with Gasteiger partial charge < -0.3 is 16.0 Å². The molecule has 1 aromatic heterocycles. The average Bonchev–Trinajstić information content (AvgIpc) is 3.01. The SMILES string of the molecule is CCNC(=O)CN1CCN(C(=O)C(N)c2cccs2)CC1. The van der Waals surface area contributed by atoms with Crippen molar-refractivity contribution in [2.75, 3.05) is 39.3 Å². The third kappa shape index (κ3) is 4.26. The van der Waals surface area contributed by atoms with E-state index in [-0.39, 0.29) is 11.8 Å². The monoisotopic (exact) mass is 310 g/mol. The molecule has 2 rings (SSSR count). The van der Waals surface area contributed by atoms with Crippen LogP contribution in [0.2, 0.25) is 0 Å². The third-order valence-electron chi connectivity index (χ3n) is 3.54. The number of carbonyl (C=O) groups excluding carboxylic acids is 2. The fourth-order valence-corrected chi connectivity index (χ4v) is 3.09. The van der Waals surface area contributed by atoms with Crippen LogP contribution < -0.4 is 11.1 Å². The molecule has 6 nitrogen and oxygen atoms in total. The quantitative estimate of drug-likeness (QED) is 0.804. The molecule has 21 heavy (non-hydrogen) atoms. The normalized spacial score (nSPS) is 17.5. The van der Waals surface area contributed by atoms with E-state index in [4.69, 9.17) is 5.73 Å². The van der Waals surface area contributed by atoms with Gasteiger partial charge in [-0.1, -0.05) is 6.07 Å². The van der Waals surface area contributed by atoms with E-state index in [0.29, 0.717) is 39.3 Å². The number of amides is 2. The zero-order valence-electron chi connectivity index (χ0n) is 12.2. The van der Waals surface area contributed by atoms with Crippen LogP contribution in [0.4, 0.5) is 0 Å². The first-order valence-corrected chi connectivity index (χ1v) is 8.06. The summed E-state index contributed by atoms with van der Waals surface area (Å²) in [7, 11) is 0. The van der Waals surface area contributed by atoms with Gasteiger partial charge in [0.2, 0.25) is 11.8 Å². The predicted octanol–water partition coefficient (Wildman–Crippen LogP) is 0.0282. The molecule has 2 heterocycles. The summed E-state index contributed by atoms with van der Waals surface area (Å²) in [5.41, 5.74) is 6.01. The lowest BCUT2D eigenvalue weighted by Crippen LogP contribution is -2.52. The molecule has 1 atom stereocenters. The van der Waals surface area contributed by atoms with Crippen molar-refractivity contribution in [3.63, 3.8) is 0 Å². The third-order valence-corrected chi connectivity index (χ3v) is 4.50. The maximum absolute atomic E-state index is 12.3. The Morgan fingerprint density at radius 2 is 2.10 bits per heavy atom. The lowest BCUT2D eigenvalue weighted by atomic mass is 10.2. The van der Waals surface area contributed by atoms with Crippen molar-refractivity contribution in [2.24, 2.45) is 5.73 Å². The van der Waals surface area contributed by atoms with Gasteiger partial charge in [0.05, 0.1) is 6.54 Å². The number of rotatable bonds is 5. The first-order valence-electron chi connectivity index (χ1n) is 7.18. The summed E-state index contributed by atoms with van der Waals surface area (Å²) in [4.78, 5) is 28.6. The molecule has 1 aliphatic heterocycles. The Morgan fingerprint density at radius 1 is 1.38 bits per heavy atom. The number of hydrogen-bond donors (Lipinski definition) is 2. The van der Waals surface area contributed by atoms with Crippen molar-refractivity contribution < 1.29 is 9.59 Å². The largest absolute Gasteiger partial charge is 0.355 e. The lowest BCUT2D eigenvalue weighted by molar-refractivity contribution is -0.134. The fourth-order valence-electron chi connectivity index (χ4n) is 2.37. The molecule has 0 aliphatic carbocycles. The molecular formula is C14H22N4O2S. The number of nitrogens with one attached hydrogen (secondary N) is 1. The summed E-state index contributed by atoms with van der Waals surface area (Å²) in [5, 5.41) is 4.71. The molecule has 0 radical (unpaired) electrons. The number of piperazine rings is 1. The van der Waals surface area contributed by atoms with E-state index in [2.05, 4.69) is 10.2 Å². The molecule has 2 amide bonds. The second-order valence-corrected chi connectivity index (χ2v) is 6.03. The number of thiophene rings is 1. The van der Waals surface area contributed by atoms with Gasteiger partial charge >= 0.3 is 0 Å².